The lowest BCUT2D eigenvalue weighted by Gasteiger charge is -2.33. The van der Waals surface area contributed by atoms with E-state index in [-0.39, 0.29) is 12.0 Å². The fourth-order valence-electron chi connectivity index (χ4n) is 2.58. The van der Waals surface area contributed by atoms with Crippen LogP contribution >= 0.6 is 0 Å². The van der Waals surface area contributed by atoms with Gasteiger partial charge in [0.1, 0.15) is 5.82 Å². The van der Waals surface area contributed by atoms with Gasteiger partial charge in [-0.1, -0.05) is 27.2 Å². The molecule has 1 fully saturated rings. The summed E-state index contributed by atoms with van der Waals surface area (Å²) in [6.07, 6.45) is 4.07. The molecule has 0 atom stereocenters. The lowest BCUT2D eigenvalue weighted by molar-refractivity contribution is 0.281. The highest BCUT2D eigenvalue weighted by Gasteiger charge is 2.23. The molecule has 1 aliphatic rings. The van der Waals surface area contributed by atoms with Crippen molar-refractivity contribution in [3.8, 4) is 0 Å². The van der Waals surface area contributed by atoms with Crippen LogP contribution in [0.1, 0.15) is 58.2 Å². The molecule has 3 nitrogen and oxygen atoms in total. The largest absolute Gasteiger partial charge is 0.392 e. The predicted octanol–water partition coefficient (Wildman–Crippen LogP) is 3.50. The first kappa shape index (κ1) is 15.3. The molecule has 0 aliphatic heterocycles. The van der Waals surface area contributed by atoms with Gasteiger partial charge >= 0.3 is 0 Å². The molecule has 0 bridgehead atoms. The summed E-state index contributed by atoms with van der Waals surface area (Å²) in [4.78, 5) is 7.21. The molecule has 1 aromatic heterocycles. The lowest BCUT2D eigenvalue weighted by atomic mass is 9.85. The molecule has 3 heteroatoms. The van der Waals surface area contributed by atoms with E-state index in [0.29, 0.717) is 0 Å². The van der Waals surface area contributed by atoms with E-state index in [1.807, 2.05) is 12.1 Å². The average Bonchev–Trinajstić information content (AvgIpc) is 2.36. The summed E-state index contributed by atoms with van der Waals surface area (Å²) in [5, 5.41) is 9.50. The Hall–Kier alpha value is -1.09. The van der Waals surface area contributed by atoms with Crippen molar-refractivity contribution in [3.05, 3.63) is 23.4 Å². The van der Waals surface area contributed by atoms with Crippen LogP contribution in [0.5, 0.6) is 0 Å². The van der Waals surface area contributed by atoms with Gasteiger partial charge in [-0.3, -0.25) is 0 Å². The highest BCUT2D eigenvalue weighted by atomic mass is 16.3. The lowest BCUT2D eigenvalue weighted by Crippen LogP contribution is -2.33. The first-order chi connectivity index (χ1) is 9.44. The van der Waals surface area contributed by atoms with Gasteiger partial charge in [-0.2, -0.15) is 0 Å². The average molecular weight is 276 g/mol. The molecular formula is C17H28N2O. The Balaban J connectivity index is 2.27. The highest BCUT2D eigenvalue weighted by Crippen LogP contribution is 2.30. The van der Waals surface area contributed by atoms with Crippen molar-refractivity contribution in [3.63, 3.8) is 0 Å². The Bertz CT molecular complexity index is 447. The van der Waals surface area contributed by atoms with E-state index >= 15 is 0 Å². The zero-order chi connectivity index (χ0) is 14.8. The number of aromatic nitrogens is 1. The van der Waals surface area contributed by atoms with Gasteiger partial charge in [0, 0.05) is 24.2 Å². The van der Waals surface area contributed by atoms with Crippen molar-refractivity contribution in [1.82, 2.24) is 4.98 Å². The van der Waals surface area contributed by atoms with Crippen LogP contribution in [0.15, 0.2) is 12.1 Å². The van der Waals surface area contributed by atoms with Crippen LogP contribution in [0.4, 0.5) is 5.82 Å². The van der Waals surface area contributed by atoms with Crippen LogP contribution in [-0.2, 0) is 12.0 Å². The summed E-state index contributed by atoms with van der Waals surface area (Å²) >= 11 is 0. The van der Waals surface area contributed by atoms with Crippen molar-refractivity contribution in [2.45, 2.75) is 59.0 Å². The second-order valence-electron chi connectivity index (χ2n) is 6.96. The van der Waals surface area contributed by atoms with Gasteiger partial charge in [-0.05, 0) is 43.4 Å². The van der Waals surface area contributed by atoms with Crippen LogP contribution in [0.25, 0.3) is 0 Å². The molecule has 0 radical (unpaired) electrons. The van der Waals surface area contributed by atoms with Gasteiger partial charge in [0.2, 0.25) is 0 Å². The van der Waals surface area contributed by atoms with Gasteiger partial charge in [-0.25, -0.2) is 4.98 Å². The molecule has 1 aliphatic carbocycles. The van der Waals surface area contributed by atoms with Crippen molar-refractivity contribution in [2.75, 3.05) is 18.0 Å². The van der Waals surface area contributed by atoms with Crippen molar-refractivity contribution >= 4 is 5.82 Å². The Morgan fingerprint density at radius 2 is 2.00 bits per heavy atom. The van der Waals surface area contributed by atoms with Crippen molar-refractivity contribution < 1.29 is 5.11 Å². The summed E-state index contributed by atoms with van der Waals surface area (Å²) in [6.45, 7) is 10.8. The second-order valence-corrected chi connectivity index (χ2v) is 6.96. The number of hydrogen-bond donors (Lipinski definition) is 1. The molecule has 2 rings (SSSR count). The molecule has 1 N–H and O–H groups in total. The topological polar surface area (TPSA) is 36.4 Å². The third-order valence-corrected chi connectivity index (χ3v) is 4.23. The molecule has 112 valence electrons. The van der Waals surface area contributed by atoms with Gasteiger partial charge < -0.3 is 10.0 Å². The number of aliphatic hydroxyl groups is 1. The number of pyridine rings is 1. The summed E-state index contributed by atoms with van der Waals surface area (Å²) in [5.74, 6) is 1.85. The minimum Gasteiger partial charge on any atom is -0.392 e. The van der Waals surface area contributed by atoms with E-state index in [0.717, 1.165) is 36.1 Å². The van der Waals surface area contributed by atoms with Crippen LogP contribution in [0, 0.1) is 5.92 Å². The SMILES string of the molecule is CCN(CC1CCC1)c1cc(CO)cc(C(C)(C)C)n1. The number of nitrogens with zero attached hydrogens (tertiary/aromatic N) is 2. The normalized spacial score (nSPS) is 16.1. The van der Waals surface area contributed by atoms with Crippen LogP contribution in [-0.4, -0.2) is 23.2 Å². The van der Waals surface area contributed by atoms with E-state index in [2.05, 4.69) is 32.6 Å². The predicted molar refractivity (Wildman–Crippen MR) is 84.1 cm³/mol. The summed E-state index contributed by atoms with van der Waals surface area (Å²) in [7, 11) is 0. The maximum atomic E-state index is 9.50. The fraction of sp³-hybridized carbons (Fsp3) is 0.706. The molecule has 1 aromatic rings. The minimum absolute atomic E-state index is 0.00973. The maximum Gasteiger partial charge on any atom is 0.129 e. The molecule has 20 heavy (non-hydrogen) atoms. The van der Waals surface area contributed by atoms with Crippen molar-refractivity contribution in [2.24, 2.45) is 5.92 Å². The monoisotopic (exact) mass is 276 g/mol. The Morgan fingerprint density at radius 1 is 1.30 bits per heavy atom. The third kappa shape index (κ3) is 3.51. The maximum absolute atomic E-state index is 9.50. The van der Waals surface area contributed by atoms with E-state index in [4.69, 9.17) is 4.98 Å². The van der Waals surface area contributed by atoms with E-state index in [1.165, 1.54) is 19.3 Å². The number of aliphatic hydroxyl groups excluding tert-OH is 1. The molecule has 1 heterocycles. The van der Waals surface area contributed by atoms with Gasteiger partial charge in [0.25, 0.3) is 0 Å². The smallest absolute Gasteiger partial charge is 0.129 e. The van der Waals surface area contributed by atoms with Gasteiger partial charge in [-0.15, -0.1) is 0 Å². The quantitative estimate of drug-likeness (QED) is 0.894. The van der Waals surface area contributed by atoms with Crippen LogP contribution in [0.2, 0.25) is 0 Å². The number of rotatable bonds is 5. The second kappa shape index (κ2) is 6.13. The third-order valence-electron chi connectivity index (χ3n) is 4.23. The van der Waals surface area contributed by atoms with Crippen LogP contribution in [0.3, 0.4) is 0 Å². The fourth-order valence-corrected chi connectivity index (χ4v) is 2.58. The molecule has 1 saturated carbocycles. The van der Waals surface area contributed by atoms with E-state index in [1.54, 1.807) is 0 Å². The van der Waals surface area contributed by atoms with Gasteiger partial charge in [0.05, 0.1) is 6.61 Å². The zero-order valence-corrected chi connectivity index (χ0v) is 13.3. The molecule has 0 saturated heterocycles. The van der Waals surface area contributed by atoms with Crippen LogP contribution < -0.4 is 4.90 Å². The Kier molecular flexibility index (Phi) is 4.69. The summed E-state index contributed by atoms with van der Waals surface area (Å²) < 4.78 is 0. The minimum atomic E-state index is 0.00973. The number of anilines is 1. The molecule has 0 amide bonds. The number of hydrogen-bond acceptors (Lipinski definition) is 3. The standard InChI is InChI=1S/C17H28N2O/c1-5-19(11-13-7-6-8-13)16-10-14(12-20)9-15(18-16)17(2,3)4/h9-10,13,20H,5-8,11-12H2,1-4H3. The van der Waals surface area contributed by atoms with Crippen molar-refractivity contribution in [1.29, 1.82) is 0 Å². The summed E-state index contributed by atoms with van der Waals surface area (Å²) in [5.41, 5.74) is 2.04. The molecule has 0 aromatic carbocycles. The highest BCUT2D eigenvalue weighted by molar-refractivity contribution is 5.44. The van der Waals surface area contributed by atoms with E-state index < -0.39 is 0 Å². The van der Waals surface area contributed by atoms with E-state index in [9.17, 15) is 5.11 Å². The first-order valence-electron chi connectivity index (χ1n) is 7.81. The Morgan fingerprint density at radius 3 is 2.45 bits per heavy atom. The molecular weight excluding hydrogens is 248 g/mol. The zero-order valence-electron chi connectivity index (χ0n) is 13.3. The first-order valence-corrected chi connectivity index (χ1v) is 7.81. The Labute approximate surface area is 123 Å². The molecule has 0 unspecified atom stereocenters. The van der Waals surface area contributed by atoms with Gasteiger partial charge in [0.15, 0.2) is 0 Å². The summed E-state index contributed by atoms with van der Waals surface area (Å²) in [6, 6.07) is 4.07. The molecule has 0 spiro atoms.